The van der Waals surface area contributed by atoms with Gasteiger partial charge in [0, 0.05) is 5.41 Å². The summed E-state index contributed by atoms with van der Waals surface area (Å²) in [4.78, 5) is 0. The Labute approximate surface area is 74.7 Å². The van der Waals surface area contributed by atoms with E-state index in [4.69, 9.17) is 0 Å². The van der Waals surface area contributed by atoms with E-state index in [1.165, 1.54) is 19.3 Å². The molecule has 2 aliphatic carbocycles. The Kier molecular flexibility index (Phi) is 1.71. The van der Waals surface area contributed by atoms with Crippen LogP contribution in [0.4, 0.5) is 0 Å². The van der Waals surface area contributed by atoms with Crippen LogP contribution in [0.2, 0.25) is 0 Å². The molecule has 0 aromatic carbocycles. The molecule has 0 radical (unpaired) electrons. The first-order valence-electron chi connectivity index (χ1n) is 4.78. The number of hydrogen-bond acceptors (Lipinski definition) is 0. The SMILES string of the molecule is CC1(C)C=CC2=C(C=C1)CCC2. The Morgan fingerprint density at radius 3 is 2.00 bits per heavy atom. The summed E-state index contributed by atoms with van der Waals surface area (Å²) in [7, 11) is 0. The molecular formula is C12H16. The molecule has 0 heteroatoms. The average molecular weight is 160 g/mol. The van der Waals surface area contributed by atoms with Crippen LogP contribution in [0.25, 0.3) is 0 Å². The lowest BCUT2D eigenvalue weighted by molar-refractivity contribution is 0.625. The van der Waals surface area contributed by atoms with E-state index in [-0.39, 0.29) is 5.41 Å². The minimum Gasteiger partial charge on any atom is -0.0748 e. The summed E-state index contributed by atoms with van der Waals surface area (Å²) in [6, 6.07) is 0. The van der Waals surface area contributed by atoms with Gasteiger partial charge in [0.2, 0.25) is 0 Å². The highest BCUT2D eigenvalue weighted by Crippen LogP contribution is 2.33. The van der Waals surface area contributed by atoms with E-state index >= 15 is 0 Å². The minimum atomic E-state index is 0.254. The third-order valence-electron chi connectivity index (χ3n) is 2.73. The first-order chi connectivity index (χ1) is 5.67. The first kappa shape index (κ1) is 7.85. The van der Waals surface area contributed by atoms with Crippen molar-refractivity contribution in [2.24, 2.45) is 5.41 Å². The molecule has 2 rings (SSSR count). The summed E-state index contributed by atoms with van der Waals surface area (Å²) >= 11 is 0. The summed E-state index contributed by atoms with van der Waals surface area (Å²) in [5.74, 6) is 0. The largest absolute Gasteiger partial charge is 0.0748 e. The maximum Gasteiger partial charge on any atom is 0.00108 e. The fourth-order valence-corrected chi connectivity index (χ4v) is 1.86. The number of rotatable bonds is 0. The maximum absolute atomic E-state index is 2.32. The van der Waals surface area contributed by atoms with Gasteiger partial charge >= 0.3 is 0 Å². The van der Waals surface area contributed by atoms with Gasteiger partial charge in [0.05, 0.1) is 0 Å². The van der Waals surface area contributed by atoms with E-state index in [0.29, 0.717) is 0 Å². The third kappa shape index (κ3) is 1.38. The van der Waals surface area contributed by atoms with Gasteiger partial charge in [-0.3, -0.25) is 0 Å². The second kappa shape index (κ2) is 2.62. The van der Waals surface area contributed by atoms with E-state index < -0.39 is 0 Å². The van der Waals surface area contributed by atoms with E-state index in [1.807, 2.05) is 0 Å². The molecule has 0 bridgehead atoms. The lowest BCUT2D eigenvalue weighted by atomic mass is 9.92. The maximum atomic E-state index is 2.32. The van der Waals surface area contributed by atoms with Crippen molar-refractivity contribution in [2.75, 3.05) is 0 Å². The van der Waals surface area contributed by atoms with Crippen LogP contribution < -0.4 is 0 Å². The lowest BCUT2D eigenvalue weighted by Crippen LogP contribution is -2.00. The van der Waals surface area contributed by atoms with Gasteiger partial charge in [-0.25, -0.2) is 0 Å². The van der Waals surface area contributed by atoms with E-state index in [0.717, 1.165) is 0 Å². The molecule has 12 heavy (non-hydrogen) atoms. The fraction of sp³-hybridized carbons (Fsp3) is 0.500. The number of allylic oxidation sites excluding steroid dienone is 6. The monoisotopic (exact) mass is 160 g/mol. The van der Waals surface area contributed by atoms with Crippen LogP contribution >= 0.6 is 0 Å². The molecule has 0 unspecified atom stereocenters. The zero-order valence-electron chi connectivity index (χ0n) is 7.93. The summed E-state index contributed by atoms with van der Waals surface area (Å²) in [5, 5.41) is 0. The summed E-state index contributed by atoms with van der Waals surface area (Å²) in [6.07, 6.45) is 13.2. The van der Waals surface area contributed by atoms with Gasteiger partial charge < -0.3 is 0 Å². The molecule has 0 saturated carbocycles. The lowest BCUT2D eigenvalue weighted by Gasteiger charge is -2.12. The summed E-state index contributed by atoms with van der Waals surface area (Å²) in [5.41, 5.74) is 3.39. The highest BCUT2D eigenvalue weighted by atomic mass is 14.2. The quantitative estimate of drug-likeness (QED) is 0.507. The number of hydrogen-bond donors (Lipinski definition) is 0. The predicted octanol–water partition coefficient (Wildman–Crippen LogP) is 3.62. The van der Waals surface area contributed by atoms with Crippen molar-refractivity contribution in [1.82, 2.24) is 0 Å². The van der Waals surface area contributed by atoms with E-state index in [2.05, 4.69) is 38.2 Å². The molecule has 0 nitrogen and oxygen atoms in total. The van der Waals surface area contributed by atoms with Crippen LogP contribution in [0.1, 0.15) is 33.1 Å². The van der Waals surface area contributed by atoms with Crippen LogP contribution in [0.5, 0.6) is 0 Å². The molecule has 0 fully saturated rings. The molecule has 64 valence electrons. The summed E-state index contributed by atoms with van der Waals surface area (Å²) in [6.45, 7) is 4.50. The Hall–Kier alpha value is -0.780. The first-order valence-corrected chi connectivity index (χ1v) is 4.78. The third-order valence-corrected chi connectivity index (χ3v) is 2.73. The van der Waals surface area contributed by atoms with Crippen molar-refractivity contribution in [3.63, 3.8) is 0 Å². The van der Waals surface area contributed by atoms with Gasteiger partial charge in [-0.05, 0) is 30.4 Å². The van der Waals surface area contributed by atoms with E-state index in [1.54, 1.807) is 11.1 Å². The van der Waals surface area contributed by atoms with Crippen LogP contribution in [-0.2, 0) is 0 Å². The molecule has 0 atom stereocenters. The normalized spacial score (nSPS) is 25.8. The van der Waals surface area contributed by atoms with Gasteiger partial charge in [-0.1, -0.05) is 38.2 Å². The molecule has 0 amide bonds. The van der Waals surface area contributed by atoms with Gasteiger partial charge in [0.25, 0.3) is 0 Å². The molecule has 0 N–H and O–H groups in total. The molecule has 0 saturated heterocycles. The van der Waals surface area contributed by atoms with Crippen molar-refractivity contribution < 1.29 is 0 Å². The fourth-order valence-electron chi connectivity index (χ4n) is 1.86. The Balaban J connectivity index is 2.34. The average Bonchev–Trinajstić information content (AvgIpc) is 2.40. The van der Waals surface area contributed by atoms with Crippen LogP contribution in [0, 0.1) is 5.41 Å². The zero-order valence-corrected chi connectivity index (χ0v) is 7.93. The molecule has 0 aliphatic heterocycles. The van der Waals surface area contributed by atoms with E-state index in [9.17, 15) is 0 Å². The van der Waals surface area contributed by atoms with Gasteiger partial charge in [-0.15, -0.1) is 0 Å². The molecule has 0 aromatic heterocycles. The smallest absolute Gasteiger partial charge is 0.00108 e. The molecule has 0 spiro atoms. The zero-order chi connectivity index (χ0) is 8.60. The Morgan fingerprint density at radius 1 is 1.00 bits per heavy atom. The minimum absolute atomic E-state index is 0.254. The molecular weight excluding hydrogens is 144 g/mol. The van der Waals surface area contributed by atoms with Crippen molar-refractivity contribution in [3.8, 4) is 0 Å². The second-order valence-corrected chi connectivity index (χ2v) is 4.39. The van der Waals surface area contributed by atoms with Crippen molar-refractivity contribution in [1.29, 1.82) is 0 Å². The molecule has 2 aliphatic rings. The predicted molar refractivity (Wildman–Crippen MR) is 52.9 cm³/mol. The van der Waals surface area contributed by atoms with Crippen molar-refractivity contribution in [2.45, 2.75) is 33.1 Å². The highest BCUT2D eigenvalue weighted by Gasteiger charge is 2.16. The van der Waals surface area contributed by atoms with Crippen LogP contribution in [0.15, 0.2) is 35.5 Å². The van der Waals surface area contributed by atoms with Crippen LogP contribution in [-0.4, -0.2) is 0 Å². The molecule has 0 heterocycles. The van der Waals surface area contributed by atoms with Crippen molar-refractivity contribution >= 4 is 0 Å². The van der Waals surface area contributed by atoms with Crippen LogP contribution in [0.3, 0.4) is 0 Å². The Bertz CT molecular complexity index is 248. The van der Waals surface area contributed by atoms with Crippen molar-refractivity contribution in [3.05, 3.63) is 35.5 Å². The Morgan fingerprint density at radius 2 is 1.50 bits per heavy atom. The topological polar surface area (TPSA) is 0 Å². The summed E-state index contributed by atoms with van der Waals surface area (Å²) < 4.78 is 0. The van der Waals surface area contributed by atoms with Gasteiger partial charge in [-0.2, -0.15) is 0 Å². The van der Waals surface area contributed by atoms with Gasteiger partial charge in [0.15, 0.2) is 0 Å². The standard InChI is InChI=1S/C12H16/c1-12(2)8-6-10-4-3-5-11(10)7-9-12/h6-9H,3-5H2,1-2H3. The second-order valence-electron chi connectivity index (χ2n) is 4.39. The van der Waals surface area contributed by atoms with Gasteiger partial charge in [0.1, 0.15) is 0 Å². The highest BCUT2D eigenvalue weighted by molar-refractivity contribution is 5.40. The molecule has 0 aromatic rings.